The van der Waals surface area contributed by atoms with E-state index in [-0.39, 0.29) is 30.3 Å². The van der Waals surface area contributed by atoms with Gasteiger partial charge in [0.05, 0.1) is 18.5 Å². The van der Waals surface area contributed by atoms with Gasteiger partial charge in [-0.25, -0.2) is 0 Å². The zero-order valence-corrected chi connectivity index (χ0v) is 11.5. The van der Waals surface area contributed by atoms with E-state index in [0.29, 0.717) is 0 Å². The van der Waals surface area contributed by atoms with E-state index in [9.17, 15) is 9.59 Å². The number of likely N-dealkylation sites (tertiary alicyclic amines) is 1. The van der Waals surface area contributed by atoms with Crippen LogP contribution in [0, 0.1) is 12.3 Å². The summed E-state index contributed by atoms with van der Waals surface area (Å²) in [4.78, 5) is 25.9. The molecule has 0 spiro atoms. The number of imide groups is 1. The van der Waals surface area contributed by atoms with Crippen LogP contribution < -0.4 is 5.32 Å². The second-order valence-corrected chi connectivity index (χ2v) is 5.56. The highest BCUT2D eigenvalue weighted by Crippen LogP contribution is 2.26. The molecule has 0 aromatic heterocycles. The number of nitrogens with zero attached hydrogens (tertiary/aromatic N) is 1. The number of amides is 2. The van der Waals surface area contributed by atoms with Crippen molar-refractivity contribution in [3.8, 4) is 12.3 Å². The summed E-state index contributed by atoms with van der Waals surface area (Å²) in [5.41, 5.74) is 0. The monoisotopic (exact) mass is 262 g/mol. The van der Waals surface area contributed by atoms with Crippen LogP contribution in [0.1, 0.15) is 51.9 Å². The average Bonchev–Trinajstić information content (AvgIpc) is 2.62. The fraction of sp³-hybridized carbons (Fsp3) is 0.733. The number of hydrogen-bond donors (Lipinski definition) is 1. The first-order valence-electron chi connectivity index (χ1n) is 7.21. The molecule has 0 bridgehead atoms. The van der Waals surface area contributed by atoms with E-state index in [4.69, 9.17) is 6.42 Å². The Bertz CT molecular complexity index is 391. The van der Waals surface area contributed by atoms with Gasteiger partial charge in [-0.15, -0.1) is 6.42 Å². The van der Waals surface area contributed by atoms with Gasteiger partial charge in [0.2, 0.25) is 11.8 Å². The number of rotatable bonds is 3. The molecule has 2 rings (SSSR count). The predicted octanol–water partition coefficient (Wildman–Crippen LogP) is 1.45. The number of hydrogen-bond acceptors (Lipinski definition) is 3. The third-order valence-corrected chi connectivity index (χ3v) is 4.07. The Labute approximate surface area is 114 Å². The second-order valence-electron chi connectivity index (χ2n) is 5.56. The van der Waals surface area contributed by atoms with Crippen molar-refractivity contribution in [2.24, 2.45) is 0 Å². The minimum atomic E-state index is -0.429. The third-order valence-electron chi connectivity index (χ3n) is 4.07. The summed E-state index contributed by atoms with van der Waals surface area (Å²) < 4.78 is 0. The Balaban J connectivity index is 2.03. The van der Waals surface area contributed by atoms with E-state index in [1.54, 1.807) is 0 Å². The minimum Gasteiger partial charge on any atom is -0.292 e. The van der Waals surface area contributed by atoms with Crippen molar-refractivity contribution in [3.05, 3.63) is 0 Å². The highest BCUT2D eigenvalue weighted by atomic mass is 16.2. The molecule has 1 aliphatic heterocycles. The van der Waals surface area contributed by atoms with Gasteiger partial charge in [0, 0.05) is 6.04 Å². The fourth-order valence-corrected chi connectivity index (χ4v) is 3.03. The van der Waals surface area contributed by atoms with Gasteiger partial charge in [-0.1, -0.05) is 31.6 Å². The molecule has 2 unspecified atom stereocenters. The quantitative estimate of drug-likeness (QED) is 0.476. The van der Waals surface area contributed by atoms with Crippen LogP contribution in [0.3, 0.4) is 0 Å². The van der Waals surface area contributed by atoms with Gasteiger partial charge in [-0.2, -0.15) is 0 Å². The molecular formula is C15H22N2O2. The Kier molecular flexibility index (Phi) is 4.60. The summed E-state index contributed by atoms with van der Waals surface area (Å²) in [6.07, 6.45) is 12.1. The first kappa shape index (κ1) is 14.1. The molecule has 19 heavy (non-hydrogen) atoms. The zero-order valence-electron chi connectivity index (χ0n) is 11.5. The van der Waals surface area contributed by atoms with E-state index in [1.165, 1.54) is 17.7 Å². The molecule has 0 aromatic rings. The molecule has 4 nitrogen and oxygen atoms in total. The van der Waals surface area contributed by atoms with E-state index in [0.717, 1.165) is 25.7 Å². The fourth-order valence-electron chi connectivity index (χ4n) is 3.03. The van der Waals surface area contributed by atoms with Crippen LogP contribution in [0.5, 0.6) is 0 Å². The van der Waals surface area contributed by atoms with Crippen LogP contribution >= 0.6 is 0 Å². The lowest BCUT2D eigenvalue weighted by Gasteiger charge is -2.25. The first-order chi connectivity index (χ1) is 9.13. The van der Waals surface area contributed by atoms with Crippen LogP contribution in [-0.4, -0.2) is 34.8 Å². The summed E-state index contributed by atoms with van der Waals surface area (Å²) in [6.45, 7) is 1.83. The molecule has 1 N–H and O–H groups in total. The Morgan fingerprint density at radius 2 is 1.89 bits per heavy atom. The summed E-state index contributed by atoms with van der Waals surface area (Å²) in [5, 5.41) is 3.05. The van der Waals surface area contributed by atoms with Gasteiger partial charge in [0.15, 0.2) is 0 Å². The van der Waals surface area contributed by atoms with Gasteiger partial charge in [-0.3, -0.25) is 19.8 Å². The maximum absolute atomic E-state index is 12.4. The van der Waals surface area contributed by atoms with Crippen LogP contribution in [-0.2, 0) is 9.59 Å². The van der Waals surface area contributed by atoms with Crippen molar-refractivity contribution in [1.82, 2.24) is 10.2 Å². The summed E-state index contributed by atoms with van der Waals surface area (Å²) in [6, 6.07) is -0.506. The summed E-state index contributed by atoms with van der Waals surface area (Å²) >= 11 is 0. The van der Waals surface area contributed by atoms with Gasteiger partial charge < -0.3 is 0 Å². The minimum absolute atomic E-state index is 0.0429. The summed E-state index contributed by atoms with van der Waals surface area (Å²) in [5.74, 6) is 2.41. The molecule has 1 heterocycles. The predicted molar refractivity (Wildman–Crippen MR) is 73.2 cm³/mol. The molecular weight excluding hydrogens is 240 g/mol. The van der Waals surface area contributed by atoms with Crippen molar-refractivity contribution >= 4 is 11.8 Å². The number of terminal acetylenes is 1. The van der Waals surface area contributed by atoms with Crippen molar-refractivity contribution in [2.45, 2.75) is 70.0 Å². The molecule has 104 valence electrons. The SMILES string of the molecule is C#CC(C)NC1CC(=O)N(C2CCCCCC2)C1=O. The van der Waals surface area contributed by atoms with E-state index >= 15 is 0 Å². The highest BCUT2D eigenvalue weighted by Gasteiger charge is 2.42. The molecule has 4 heteroatoms. The van der Waals surface area contributed by atoms with Gasteiger partial charge in [0.25, 0.3) is 0 Å². The molecule has 2 amide bonds. The third kappa shape index (κ3) is 3.16. The first-order valence-corrected chi connectivity index (χ1v) is 7.21. The normalized spacial score (nSPS) is 27.2. The van der Waals surface area contributed by atoms with Gasteiger partial charge >= 0.3 is 0 Å². The maximum Gasteiger partial charge on any atom is 0.247 e. The average molecular weight is 262 g/mol. The van der Waals surface area contributed by atoms with Crippen molar-refractivity contribution < 1.29 is 9.59 Å². The second kappa shape index (κ2) is 6.21. The lowest BCUT2D eigenvalue weighted by molar-refractivity contribution is -0.141. The Morgan fingerprint density at radius 3 is 2.47 bits per heavy atom. The highest BCUT2D eigenvalue weighted by molar-refractivity contribution is 6.05. The molecule has 2 aliphatic rings. The number of nitrogens with one attached hydrogen (secondary N) is 1. The Morgan fingerprint density at radius 1 is 1.26 bits per heavy atom. The van der Waals surface area contributed by atoms with Crippen molar-refractivity contribution in [2.75, 3.05) is 0 Å². The largest absolute Gasteiger partial charge is 0.292 e. The van der Waals surface area contributed by atoms with Crippen LogP contribution in [0.4, 0.5) is 0 Å². The lowest BCUT2D eigenvalue weighted by atomic mass is 10.1. The lowest BCUT2D eigenvalue weighted by Crippen LogP contribution is -2.45. The standard InChI is InChI=1S/C15H22N2O2/c1-3-11(2)16-13-10-14(18)17(15(13)19)12-8-6-4-5-7-9-12/h1,11-13,16H,4-10H2,2H3. The van der Waals surface area contributed by atoms with E-state index in [2.05, 4.69) is 11.2 Å². The number of carbonyl (C=O) groups excluding carboxylic acids is 2. The summed E-state index contributed by atoms with van der Waals surface area (Å²) in [7, 11) is 0. The molecule has 1 saturated heterocycles. The van der Waals surface area contributed by atoms with Crippen molar-refractivity contribution in [3.63, 3.8) is 0 Å². The van der Waals surface area contributed by atoms with Gasteiger partial charge in [0.1, 0.15) is 0 Å². The van der Waals surface area contributed by atoms with Gasteiger partial charge in [-0.05, 0) is 19.8 Å². The molecule has 0 aromatic carbocycles. The van der Waals surface area contributed by atoms with Crippen LogP contribution in [0.15, 0.2) is 0 Å². The molecule has 1 saturated carbocycles. The smallest absolute Gasteiger partial charge is 0.247 e. The van der Waals surface area contributed by atoms with E-state index in [1.807, 2.05) is 6.92 Å². The molecule has 0 radical (unpaired) electrons. The van der Waals surface area contributed by atoms with Crippen LogP contribution in [0.25, 0.3) is 0 Å². The molecule has 1 aliphatic carbocycles. The van der Waals surface area contributed by atoms with E-state index < -0.39 is 6.04 Å². The number of carbonyl (C=O) groups is 2. The van der Waals surface area contributed by atoms with Crippen LogP contribution in [0.2, 0.25) is 0 Å². The molecule has 2 fully saturated rings. The Hall–Kier alpha value is -1.34. The maximum atomic E-state index is 12.4. The zero-order chi connectivity index (χ0) is 13.8. The topological polar surface area (TPSA) is 49.4 Å². The molecule has 2 atom stereocenters. The van der Waals surface area contributed by atoms with Crippen molar-refractivity contribution in [1.29, 1.82) is 0 Å².